The molecular formula is C15H24O3. The summed E-state index contributed by atoms with van der Waals surface area (Å²) in [6, 6.07) is 0. The molecule has 6 atom stereocenters. The van der Waals surface area contributed by atoms with Crippen molar-refractivity contribution in [1.29, 1.82) is 0 Å². The first-order chi connectivity index (χ1) is 8.13. The van der Waals surface area contributed by atoms with E-state index in [9.17, 15) is 15.3 Å². The number of fused-ring (bicyclic) bond motifs is 3. The lowest BCUT2D eigenvalue weighted by Gasteiger charge is -2.40. The van der Waals surface area contributed by atoms with Gasteiger partial charge in [0.25, 0.3) is 0 Å². The maximum atomic E-state index is 10.7. The monoisotopic (exact) mass is 252 g/mol. The van der Waals surface area contributed by atoms with Crippen molar-refractivity contribution in [3.8, 4) is 0 Å². The number of rotatable bonds is 0. The van der Waals surface area contributed by atoms with Gasteiger partial charge in [-0.15, -0.1) is 0 Å². The molecule has 3 heteroatoms. The second-order valence-electron chi connectivity index (χ2n) is 7.67. The molecule has 0 heterocycles. The summed E-state index contributed by atoms with van der Waals surface area (Å²) < 4.78 is 0. The zero-order chi connectivity index (χ0) is 13.5. The fourth-order valence-electron chi connectivity index (χ4n) is 4.94. The van der Waals surface area contributed by atoms with E-state index >= 15 is 0 Å². The molecule has 3 aliphatic carbocycles. The summed E-state index contributed by atoms with van der Waals surface area (Å²) in [5.41, 5.74) is 0.491. The third-order valence-electron chi connectivity index (χ3n) is 6.11. The molecule has 0 aliphatic heterocycles. The van der Waals surface area contributed by atoms with Crippen molar-refractivity contribution in [3.63, 3.8) is 0 Å². The van der Waals surface area contributed by atoms with Gasteiger partial charge in [-0.3, -0.25) is 0 Å². The maximum Gasteiger partial charge on any atom is 0.0886 e. The highest BCUT2D eigenvalue weighted by Crippen LogP contribution is 2.70. The summed E-state index contributed by atoms with van der Waals surface area (Å²) in [6.45, 7) is 8.41. The molecule has 2 saturated carbocycles. The minimum atomic E-state index is -0.827. The topological polar surface area (TPSA) is 60.7 Å². The molecule has 0 spiro atoms. The van der Waals surface area contributed by atoms with E-state index in [4.69, 9.17) is 0 Å². The van der Waals surface area contributed by atoms with E-state index < -0.39 is 23.7 Å². The average molecular weight is 252 g/mol. The smallest absolute Gasteiger partial charge is 0.0886 e. The maximum absolute atomic E-state index is 10.7. The van der Waals surface area contributed by atoms with Crippen molar-refractivity contribution in [2.45, 2.75) is 58.8 Å². The summed E-state index contributed by atoms with van der Waals surface area (Å²) in [4.78, 5) is 0. The predicted molar refractivity (Wildman–Crippen MR) is 68.8 cm³/mol. The van der Waals surface area contributed by atoms with E-state index in [0.29, 0.717) is 6.42 Å². The molecule has 3 nitrogen and oxygen atoms in total. The second kappa shape index (κ2) is 3.20. The molecular weight excluding hydrogens is 228 g/mol. The van der Waals surface area contributed by atoms with Crippen molar-refractivity contribution in [2.24, 2.45) is 22.2 Å². The zero-order valence-corrected chi connectivity index (χ0v) is 11.6. The Morgan fingerprint density at radius 1 is 1.00 bits per heavy atom. The van der Waals surface area contributed by atoms with Crippen LogP contribution in [0.5, 0.6) is 0 Å². The molecule has 0 saturated heterocycles. The van der Waals surface area contributed by atoms with Crippen molar-refractivity contribution < 1.29 is 15.3 Å². The van der Waals surface area contributed by atoms with Gasteiger partial charge in [0.15, 0.2) is 0 Å². The van der Waals surface area contributed by atoms with Gasteiger partial charge in [-0.05, 0) is 18.3 Å². The molecule has 0 aromatic heterocycles. The average Bonchev–Trinajstić information content (AvgIpc) is 2.73. The lowest BCUT2D eigenvalue weighted by atomic mass is 9.66. The SMILES string of the molecule is CC1(C)C=C2C(C1)C(O)C1(C)C(O)C(O)CC21C. The zero-order valence-electron chi connectivity index (χ0n) is 11.6. The van der Waals surface area contributed by atoms with Crippen molar-refractivity contribution >= 4 is 0 Å². The van der Waals surface area contributed by atoms with E-state index in [0.717, 1.165) is 6.42 Å². The number of hydrogen-bond donors (Lipinski definition) is 3. The predicted octanol–water partition coefficient (Wildman–Crippen LogP) is 1.47. The van der Waals surface area contributed by atoms with E-state index in [1.165, 1.54) is 5.57 Å². The Balaban J connectivity index is 2.15. The highest BCUT2D eigenvalue weighted by Gasteiger charge is 2.71. The van der Waals surface area contributed by atoms with E-state index in [2.05, 4.69) is 26.8 Å². The van der Waals surface area contributed by atoms with E-state index in [1.54, 1.807) is 0 Å². The van der Waals surface area contributed by atoms with Crippen molar-refractivity contribution in [2.75, 3.05) is 0 Å². The van der Waals surface area contributed by atoms with Crippen LogP contribution in [0.25, 0.3) is 0 Å². The molecule has 2 fully saturated rings. The first-order valence-corrected chi connectivity index (χ1v) is 6.91. The molecule has 0 aromatic rings. The molecule has 0 amide bonds. The Kier molecular flexibility index (Phi) is 2.24. The van der Waals surface area contributed by atoms with Crippen LogP contribution < -0.4 is 0 Å². The second-order valence-corrected chi connectivity index (χ2v) is 7.67. The van der Waals surface area contributed by atoms with Gasteiger partial charge in [0.2, 0.25) is 0 Å². The van der Waals surface area contributed by atoms with Crippen LogP contribution in [-0.2, 0) is 0 Å². The molecule has 3 rings (SSSR count). The lowest BCUT2D eigenvalue weighted by Crippen LogP contribution is -2.46. The summed E-state index contributed by atoms with van der Waals surface area (Å²) in [7, 11) is 0. The van der Waals surface area contributed by atoms with Gasteiger partial charge in [-0.1, -0.05) is 39.3 Å². The first-order valence-electron chi connectivity index (χ1n) is 6.91. The van der Waals surface area contributed by atoms with Crippen LogP contribution in [0.1, 0.15) is 40.5 Å². The van der Waals surface area contributed by atoms with Gasteiger partial charge >= 0.3 is 0 Å². The Morgan fingerprint density at radius 3 is 2.22 bits per heavy atom. The quantitative estimate of drug-likeness (QED) is 0.572. The minimum Gasteiger partial charge on any atom is -0.392 e. The number of aliphatic hydroxyl groups is 3. The standard InChI is InChI=1S/C15H24O3/c1-13(2)5-8-9(6-13)14(3)7-10(16)12(18)15(14,4)11(8)17/h6,8,10-12,16-18H,5,7H2,1-4H3. The normalized spacial score (nSPS) is 57.4. The Hall–Kier alpha value is -0.380. The van der Waals surface area contributed by atoms with E-state index in [1.807, 2.05) is 6.92 Å². The number of aliphatic hydroxyl groups excluding tert-OH is 3. The van der Waals surface area contributed by atoms with Crippen molar-refractivity contribution in [1.82, 2.24) is 0 Å². The Labute approximate surface area is 109 Å². The number of hydrogen-bond acceptors (Lipinski definition) is 3. The van der Waals surface area contributed by atoms with Gasteiger partial charge in [-0.25, -0.2) is 0 Å². The molecule has 3 N–H and O–H groups in total. The van der Waals surface area contributed by atoms with Crippen LogP contribution in [0.4, 0.5) is 0 Å². The van der Waals surface area contributed by atoms with Gasteiger partial charge < -0.3 is 15.3 Å². The lowest BCUT2D eigenvalue weighted by molar-refractivity contribution is -0.0928. The number of allylic oxidation sites excluding steroid dienone is 1. The highest BCUT2D eigenvalue weighted by molar-refractivity contribution is 5.39. The van der Waals surface area contributed by atoms with Crippen LogP contribution in [0, 0.1) is 22.2 Å². The third kappa shape index (κ3) is 1.16. The van der Waals surface area contributed by atoms with Gasteiger partial charge in [0.05, 0.1) is 18.3 Å². The molecule has 102 valence electrons. The van der Waals surface area contributed by atoms with Gasteiger partial charge in [0, 0.05) is 16.7 Å². The van der Waals surface area contributed by atoms with Crippen LogP contribution in [0.15, 0.2) is 11.6 Å². The minimum absolute atomic E-state index is 0.115. The van der Waals surface area contributed by atoms with Gasteiger partial charge in [0.1, 0.15) is 0 Å². The van der Waals surface area contributed by atoms with Crippen molar-refractivity contribution in [3.05, 3.63) is 11.6 Å². The fourth-order valence-corrected chi connectivity index (χ4v) is 4.94. The van der Waals surface area contributed by atoms with Crippen LogP contribution >= 0.6 is 0 Å². The molecule has 3 aliphatic rings. The summed E-state index contributed by atoms with van der Waals surface area (Å²) in [5, 5.41) is 31.0. The van der Waals surface area contributed by atoms with Crippen LogP contribution in [-0.4, -0.2) is 33.6 Å². The molecule has 6 unspecified atom stereocenters. The summed E-state index contributed by atoms with van der Waals surface area (Å²) >= 11 is 0. The molecule has 18 heavy (non-hydrogen) atoms. The summed E-state index contributed by atoms with van der Waals surface area (Å²) in [6.07, 6.45) is 1.67. The first kappa shape index (κ1) is 12.6. The third-order valence-corrected chi connectivity index (χ3v) is 6.11. The fraction of sp³-hybridized carbons (Fsp3) is 0.867. The van der Waals surface area contributed by atoms with Crippen LogP contribution in [0.2, 0.25) is 0 Å². The molecule has 0 bridgehead atoms. The largest absolute Gasteiger partial charge is 0.392 e. The van der Waals surface area contributed by atoms with Gasteiger partial charge in [-0.2, -0.15) is 0 Å². The van der Waals surface area contributed by atoms with E-state index in [-0.39, 0.29) is 16.7 Å². The Morgan fingerprint density at radius 2 is 1.61 bits per heavy atom. The molecule has 0 aromatic carbocycles. The molecule has 0 radical (unpaired) electrons. The summed E-state index contributed by atoms with van der Waals surface area (Å²) in [5.74, 6) is 0.150. The Bertz CT molecular complexity index is 427. The van der Waals surface area contributed by atoms with Crippen LogP contribution in [0.3, 0.4) is 0 Å². The highest BCUT2D eigenvalue weighted by atomic mass is 16.3.